The minimum Gasteiger partial charge on any atom is -0.508 e. The third-order valence-electron chi connectivity index (χ3n) is 6.46. The number of phenols is 1. The lowest BCUT2D eigenvalue weighted by molar-refractivity contribution is 0.323. The molecule has 2 aromatic rings. The number of phenolic OH excluding ortho intramolecular Hbond substituents is 1. The summed E-state index contributed by atoms with van der Waals surface area (Å²) in [6.45, 7) is 1.91. The summed E-state index contributed by atoms with van der Waals surface area (Å²) in [4.78, 5) is 11.9. The Morgan fingerprint density at radius 1 is 1.00 bits per heavy atom. The van der Waals surface area contributed by atoms with Crippen LogP contribution in [-0.4, -0.2) is 41.8 Å². The summed E-state index contributed by atoms with van der Waals surface area (Å²) in [6.07, 6.45) is 9.45. The van der Waals surface area contributed by atoms with Gasteiger partial charge in [-0.15, -0.1) is 0 Å². The second-order valence-corrected chi connectivity index (χ2v) is 9.06. The largest absolute Gasteiger partial charge is 0.508 e. The second kappa shape index (κ2) is 9.65. The van der Waals surface area contributed by atoms with E-state index in [1.54, 1.807) is 12.1 Å². The van der Waals surface area contributed by atoms with Crippen LogP contribution in [0, 0.1) is 5.92 Å². The molecule has 4 rings (SSSR count). The standard InChI is InChI=1S/C24H35N5O/c1-29(2)23-21-5-3-4-6-22(21)27-24(28-23)26-19-11-7-17(8-12-19)15-25-16-18-9-13-20(30)14-10-18/h9-10,13-14,17,19,25,30H,3-8,11-12,15-16H2,1-2H3,(H,26,27,28). The van der Waals surface area contributed by atoms with Crippen LogP contribution in [0.3, 0.4) is 0 Å². The Morgan fingerprint density at radius 2 is 1.73 bits per heavy atom. The molecule has 1 fully saturated rings. The van der Waals surface area contributed by atoms with Gasteiger partial charge in [0.15, 0.2) is 0 Å². The normalized spacial score (nSPS) is 21.1. The lowest BCUT2D eigenvalue weighted by Gasteiger charge is -2.30. The van der Waals surface area contributed by atoms with Crippen LogP contribution in [-0.2, 0) is 19.4 Å². The van der Waals surface area contributed by atoms with Crippen LogP contribution in [0.5, 0.6) is 5.75 Å². The van der Waals surface area contributed by atoms with Crippen molar-refractivity contribution in [2.75, 3.05) is 30.9 Å². The van der Waals surface area contributed by atoms with Gasteiger partial charge in [0.2, 0.25) is 5.95 Å². The van der Waals surface area contributed by atoms with Crippen molar-refractivity contribution in [3.05, 3.63) is 41.1 Å². The zero-order valence-corrected chi connectivity index (χ0v) is 18.3. The number of aryl methyl sites for hydroxylation is 1. The Balaban J connectivity index is 1.26. The lowest BCUT2D eigenvalue weighted by atomic mass is 9.86. The van der Waals surface area contributed by atoms with Gasteiger partial charge in [0.25, 0.3) is 0 Å². The molecular formula is C24H35N5O. The van der Waals surface area contributed by atoms with Crippen molar-refractivity contribution >= 4 is 11.8 Å². The molecule has 2 aliphatic rings. The van der Waals surface area contributed by atoms with E-state index in [1.807, 2.05) is 12.1 Å². The van der Waals surface area contributed by atoms with Gasteiger partial charge in [-0.2, -0.15) is 4.98 Å². The summed E-state index contributed by atoms with van der Waals surface area (Å²) in [5, 5.41) is 16.6. The van der Waals surface area contributed by atoms with E-state index in [9.17, 15) is 5.11 Å². The molecule has 1 heterocycles. The third-order valence-corrected chi connectivity index (χ3v) is 6.46. The van der Waals surface area contributed by atoms with E-state index in [2.05, 4.69) is 29.6 Å². The van der Waals surface area contributed by atoms with Crippen LogP contribution in [0.15, 0.2) is 24.3 Å². The second-order valence-electron chi connectivity index (χ2n) is 9.06. The highest BCUT2D eigenvalue weighted by atomic mass is 16.3. The molecule has 0 radical (unpaired) electrons. The van der Waals surface area contributed by atoms with Gasteiger partial charge >= 0.3 is 0 Å². The quantitative estimate of drug-likeness (QED) is 0.644. The van der Waals surface area contributed by atoms with Gasteiger partial charge in [-0.05, 0) is 81.5 Å². The molecule has 3 N–H and O–H groups in total. The molecular weight excluding hydrogens is 374 g/mol. The molecule has 0 aliphatic heterocycles. The Morgan fingerprint density at radius 3 is 2.47 bits per heavy atom. The zero-order valence-electron chi connectivity index (χ0n) is 18.3. The maximum atomic E-state index is 9.38. The number of fused-ring (bicyclic) bond motifs is 1. The fourth-order valence-corrected chi connectivity index (χ4v) is 4.74. The molecule has 2 aliphatic carbocycles. The van der Waals surface area contributed by atoms with E-state index in [-0.39, 0.29) is 0 Å². The molecule has 1 aromatic carbocycles. The fourth-order valence-electron chi connectivity index (χ4n) is 4.74. The molecule has 162 valence electrons. The van der Waals surface area contributed by atoms with Crippen molar-refractivity contribution in [2.24, 2.45) is 5.92 Å². The number of benzene rings is 1. The number of nitrogens with one attached hydrogen (secondary N) is 2. The van der Waals surface area contributed by atoms with E-state index in [0.29, 0.717) is 11.8 Å². The predicted octanol–water partition coefficient (Wildman–Crippen LogP) is 3.89. The lowest BCUT2D eigenvalue weighted by Crippen LogP contribution is -2.32. The number of rotatable bonds is 7. The summed E-state index contributed by atoms with van der Waals surface area (Å²) in [5.41, 5.74) is 3.80. The molecule has 0 saturated heterocycles. The molecule has 0 bridgehead atoms. The van der Waals surface area contributed by atoms with Gasteiger partial charge in [0.05, 0.1) is 5.69 Å². The Hall–Kier alpha value is -2.34. The molecule has 0 spiro atoms. The van der Waals surface area contributed by atoms with Crippen LogP contribution in [0.2, 0.25) is 0 Å². The first kappa shape index (κ1) is 20.9. The molecule has 30 heavy (non-hydrogen) atoms. The summed E-state index contributed by atoms with van der Waals surface area (Å²) in [6, 6.07) is 7.92. The fraction of sp³-hybridized carbons (Fsp3) is 0.583. The summed E-state index contributed by atoms with van der Waals surface area (Å²) in [7, 11) is 4.16. The molecule has 6 heteroatoms. The number of hydrogen-bond donors (Lipinski definition) is 3. The molecule has 0 amide bonds. The first-order valence-corrected chi connectivity index (χ1v) is 11.4. The van der Waals surface area contributed by atoms with Gasteiger partial charge in [-0.3, -0.25) is 0 Å². The van der Waals surface area contributed by atoms with Crippen LogP contribution in [0.1, 0.15) is 55.3 Å². The van der Waals surface area contributed by atoms with E-state index in [4.69, 9.17) is 9.97 Å². The smallest absolute Gasteiger partial charge is 0.225 e. The van der Waals surface area contributed by atoms with Crippen LogP contribution < -0.4 is 15.5 Å². The molecule has 1 aromatic heterocycles. The zero-order chi connectivity index (χ0) is 20.9. The highest BCUT2D eigenvalue weighted by Gasteiger charge is 2.23. The minimum atomic E-state index is 0.324. The molecule has 1 saturated carbocycles. The van der Waals surface area contributed by atoms with Gasteiger partial charge in [-0.25, -0.2) is 4.98 Å². The third kappa shape index (κ3) is 5.22. The van der Waals surface area contributed by atoms with Crippen molar-refractivity contribution in [1.29, 1.82) is 0 Å². The van der Waals surface area contributed by atoms with Gasteiger partial charge < -0.3 is 20.6 Å². The monoisotopic (exact) mass is 409 g/mol. The van der Waals surface area contributed by atoms with E-state index >= 15 is 0 Å². The number of nitrogens with zero attached hydrogens (tertiary/aromatic N) is 3. The maximum Gasteiger partial charge on any atom is 0.225 e. The van der Waals surface area contributed by atoms with Crippen molar-refractivity contribution in [2.45, 2.75) is 64.0 Å². The van der Waals surface area contributed by atoms with Crippen LogP contribution in [0.4, 0.5) is 11.8 Å². The average molecular weight is 410 g/mol. The molecule has 6 nitrogen and oxygen atoms in total. The molecule has 0 atom stereocenters. The van der Waals surface area contributed by atoms with E-state index in [0.717, 1.165) is 43.6 Å². The van der Waals surface area contributed by atoms with Crippen LogP contribution in [0.25, 0.3) is 0 Å². The topological polar surface area (TPSA) is 73.3 Å². The van der Waals surface area contributed by atoms with Crippen molar-refractivity contribution in [3.63, 3.8) is 0 Å². The van der Waals surface area contributed by atoms with Gasteiger partial charge in [0, 0.05) is 32.2 Å². The number of hydrogen-bond acceptors (Lipinski definition) is 6. The Bertz CT molecular complexity index is 828. The average Bonchev–Trinajstić information content (AvgIpc) is 2.76. The highest BCUT2D eigenvalue weighted by molar-refractivity contribution is 5.52. The maximum absolute atomic E-state index is 9.38. The highest BCUT2D eigenvalue weighted by Crippen LogP contribution is 2.30. The number of anilines is 2. The summed E-state index contributed by atoms with van der Waals surface area (Å²) >= 11 is 0. The first-order valence-electron chi connectivity index (χ1n) is 11.4. The minimum absolute atomic E-state index is 0.324. The Labute approximate surface area is 180 Å². The van der Waals surface area contributed by atoms with Crippen molar-refractivity contribution < 1.29 is 5.11 Å². The Kier molecular flexibility index (Phi) is 6.72. The molecule has 0 unspecified atom stereocenters. The summed E-state index contributed by atoms with van der Waals surface area (Å²) < 4.78 is 0. The van der Waals surface area contributed by atoms with E-state index in [1.165, 1.54) is 55.3 Å². The predicted molar refractivity (Wildman–Crippen MR) is 122 cm³/mol. The number of aromatic nitrogens is 2. The number of aromatic hydroxyl groups is 1. The SMILES string of the molecule is CN(C)c1nc(NC2CCC(CNCc3ccc(O)cc3)CC2)nc2c1CCCC2. The van der Waals surface area contributed by atoms with Crippen LogP contribution >= 0.6 is 0 Å². The van der Waals surface area contributed by atoms with Crippen molar-refractivity contribution in [1.82, 2.24) is 15.3 Å². The van der Waals surface area contributed by atoms with Gasteiger partial charge in [-0.1, -0.05) is 12.1 Å². The van der Waals surface area contributed by atoms with Crippen molar-refractivity contribution in [3.8, 4) is 5.75 Å². The summed E-state index contributed by atoms with van der Waals surface area (Å²) in [5.74, 6) is 2.95. The van der Waals surface area contributed by atoms with E-state index < -0.39 is 0 Å². The first-order chi connectivity index (χ1) is 14.6. The van der Waals surface area contributed by atoms with Gasteiger partial charge in [0.1, 0.15) is 11.6 Å².